The van der Waals surface area contributed by atoms with Crippen LogP contribution in [0, 0.1) is 5.92 Å². The van der Waals surface area contributed by atoms with Crippen molar-refractivity contribution in [3.05, 3.63) is 0 Å². The Morgan fingerprint density at radius 3 is 2.82 bits per heavy atom. The number of hydrogen-bond donors (Lipinski definition) is 0. The van der Waals surface area contributed by atoms with Gasteiger partial charge in [-0.15, -0.1) is 0 Å². The third kappa shape index (κ3) is 1.80. The Balaban J connectivity index is 2.49. The second-order valence-corrected chi connectivity index (χ2v) is 3.03. The summed E-state index contributed by atoms with van der Waals surface area (Å²) in [6.45, 7) is 4.77. The molecule has 0 spiro atoms. The molecule has 64 valence electrons. The molecule has 1 fully saturated rings. The molecule has 0 amide bonds. The van der Waals surface area contributed by atoms with Gasteiger partial charge in [0.25, 0.3) is 0 Å². The summed E-state index contributed by atoms with van der Waals surface area (Å²) in [5, 5.41) is 0. The molecule has 1 heterocycles. The maximum Gasteiger partial charge on any atom is 0.138 e. The zero-order chi connectivity index (χ0) is 8.27. The van der Waals surface area contributed by atoms with Crippen LogP contribution in [-0.4, -0.2) is 18.5 Å². The molecule has 1 saturated heterocycles. The minimum atomic E-state index is 0.199. The number of ether oxygens (including phenoxy) is 1. The zero-order valence-electron chi connectivity index (χ0n) is 7.30. The molecule has 0 bridgehead atoms. The fourth-order valence-corrected chi connectivity index (χ4v) is 1.68. The molecule has 0 saturated carbocycles. The van der Waals surface area contributed by atoms with Crippen molar-refractivity contribution in [2.45, 2.75) is 39.2 Å². The Hall–Kier alpha value is -0.370. The summed E-state index contributed by atoms with van der Waals surface area (Å²) in [5.41, 5.74) is 0. The lowest BCUT2D eigenvalue weighted by atomic mass is 9.93. The topological polar surface area (TPSA) is 26.3 Å². The van der Waals surface area contributed by atoms with Gasteiger partial charge in [0.05, 0.1) is 6.10 Å². The zero-order valence-corrected chi connectivity index (χ0v) is 7.30. The fraction of sp³-hybridized carbons (Fsp3) is 0.889. The molecule has 2 heteroatoms. The average Bonchev–Trinajstić information content (AvgIpc) is 2.50. The standard InChI is InChI=1S/C9H16O2/c1-3-8(10)7-5-6-11-9(7)4-2/h7,9H,3-6H2,1-2H3. The first-order valence-electron chi connectivity index (χ1n) is 4.43. The predicted molar refractivity (Wildman–Crippen MR) is 43.4 cm³/mol. The molecule has 2 atom stereocenters. The molecular formula is C9H16O2. The summed E-state index contributed by atoms with van der Waals surface area (Å²) in [5.74, 6) is 0.569. The molecule has 1 aliphatic rings. The summed E-state index contributed by atoms with van der Waals surface area (Å²) in [4.78, 5) is 11.3. The first kappa shape index (κ1) is 8.72. The first-order valence-corrected chi connectivity index (χ1v) is 4.43. The van der Waals surface area contributed by atoms with Crippen molar-refractivity contribution >= 4 is 5.78 Å². The second-order valence-electron chi connectivity index (χ2n) is 3.03. The van der Waals surface area contributed by atoms with E-state index < -0.39 is 0 Å². The van der Waals surface area contributed by atoms with Crippen molar-refractivity contribution < 1.29 is 9.53 Å². The van der Waals surface area contributed by atoms with E-state index in [4.69, 9.17) is 4.74 Å². The van der Waals surface area contributed by atoms with Gasteiger partial charge in [-0.05, 0) is 12.8 Å². The Morgan fingerprint density at radius 2 is 2.27 bits per heavy atom. The summed E-state index contributed by atoms with van der Waals surface area (Å²) >= 11 is 0. The van der Waals surface area contributed by atoms with Crippen LogP contribution in [0.1, 0.15) is 33.1 Å². The van der Waals surface area contributed by atoms with Crippen molar-refractivity contribution in [3.63, 3.8) is 0 Å². The van der Waals surface area contributed by atoms with E-state index >= 15 is 0 Å². The molecule has 1 rings (SSSR count). The molecule has 0 N–H and O–H groups in total. The lowest BCUT2D eigenvalue weighted by Gasteiger charge is -2.13. The maximum atomic E-state index is 11.3. The van der Waals surface area contributed by atoms with Gasteiger partial charge in [-0.3, -0.25) is 4.79 Å². The molecule has 11 heavy (non-hydrogen) atoms. The van der Waals surface area contributed by atoms with Crippen LogP contribution in [0.2, 0.25) is 0 Å². The number of carbonyl (C=O) groups is 1. The van der Waals surface area contributed by atoms with Crippen LogP contribution >= 0.6 is 0 Å². The Labute approximate surface area is 67.9 Å². The van der Waals surface area contributed by atoms with E-state index in [2.05, 4.69) is 6.92 Å². The average molecular weight is 156 g/mol. The highest BCUT2D eigenvalue weighted by molar-refractivity contribution is 5.81. The quantitative estimate of drug-likeness (QED) is 0.622. The number of carbonyl (C=O) groups excluding carboxylic acids is 1. The molecule has 0 aliphatic carbocycles. The fourth-order valence-electron chi connectivity index (χ4n) is 1.68. The van der Waals surface area contributed by atoms with Gasteiger partial charge in [0.1, 0.15) is 5.78 Å². The van der Waals surface area contributed by atoms with Crippen LogP contribution in [0.5, 0.6) is 0 Å². The first-order chi connectivity index (χ1) is 5.29. The normalized spacial score (nSPS) is 30.7. The largest absolute Gasteiger partial charge is 0.377 e. The summed E-state index contributed by atoms with van der Waals surface area (Å²) in [7, 11) is 0. The van der Waals surface area contributed by atoms with E-state index in [1.807, 2.05) is 6.92 Å². The van der Waals surface area contributed by atoms with Crippen molar-refractivity contribution in [1.29, 1.82) is 0 Å². The smallest absolute Gasteiger partial charge is 0.138 e. The van der Waals surface area contributed by atoms with E-state index in [-0.39, 0.29) is 12.0 Å². The van der Waals surface area contributed by atoms with Gasteiger partial charge in [0, 0.05) is 18.9 Å². The second kappa shape index (κ2) is 3.86. The Morgan fingerprint density at radius 1 is 1.55 bits per heavy atom. The monoisotopic (exact) mass is 156 g/mol. The number of hydrogen-bond acceptors (Lipinski definition) is 2. The van der Waals surface area contributed by atoms with Crippen molar-refractivity contribution in [1.82, 2.24) is 0 Å². The molecule has 2 unspecified atom stereocenters. The van der Waals surface area contributed by atoms with Gasteiger partial charge < -0.3 is 4.74 Å². The minimum Gasteiger partial charge on any atom is -0.377 e. The molecule has 0 aromatic rings. The molecule has 0 aromatic carbocycles. The minimum absolute atomic E-state index is 0.199. The van der Waals surface area contributed by atoms with Crippen LogP contribution in [0.4, 0.5) is 0 Å². The number of ketones is 1. The molecule has 0 aromatic heterocycles. The highest BCUT2D eigenvalue weighted by atomic mass is 16.5. The van der Waals surface area contributed by atoms with Crippen molar-refractivity contribution in [3.8, 4) is 0 Å². The molecule has 1 aliphatic heterocycles. The van der Waals surface area contributed by atoms with Gasteiger partial charge in [0.2, 0.25) is 0 Å². The third-order valence-electron chi connectivity index (χ3n) is 2.37. The van der Waals surface area contributed by atoms with Crippen molar-refractivity contribution in [2.24, 2.45) is 5.92 Å². The van der Waals surface area contributed by atoms with E-state index in [1.165, 1.54) is 0 Å². The summed E-state index contributed by atoms with van der Waals surface area (Å²) in [6.07, 6.45) is 2.77. The van der Waals surface area contributed by atoms with E-state index in [0.717, 1.165) is 19.4 Å². The molecule has 0 radical (unpaired) electrons. The van der Waals surface area contributed by atoms with Crippen LogP contribution in [0.15, 0.2) is 0 Å². The predicted octanol–water partition coefficient (Wildman–Crippen LogP) is 1.78. The maximum absolute atomic E-state index is 11.3. The summed E-state index contributed by atoms with van der Waals surface area (Å²) < 4.78 is 5.42. The molecule has 2 nitrogen and oxygen atoms in total. The lowest BCUT2D eigenvalue weighted by molar-refractivity contribution is -0.124. The van der Waals surface area contributed by atoms with Gasteiger partial charge in [-0.25, -0.2) is 0 Å². The Kier molecular flexibility index (Phi) is 3.06. The number of Topliss-reactive ketones (excluding diaryl/α,β-unsaturated/α-hetero) is 1. The van der Waals surface area contributed by atoms with Gasteiger partial charge in [0.15, 0.2) is 0 Å². The van der Waals surface area contributed by atoms with E-state index in [1.54, 1.807) is 0 Å². The van der Waals surface area contributed by atoms with Crippen LogP contribution in [-0.2, 0) is 9.53 Å². The Bertz CT molecular complexity index is 142. The summed E-state index contributed by atoms with van der Waals surface area (Å²) in [6, 6.07) is 0. The van der Waals surface area contributed by atoms with Crippen LogP contribution < -0.4 is 0 Å². The van der Waals surface area contributed by atoms with Crippen molar-refractivity contribution in [2.75, 3.05) is 6.61 Å². The van der Waals surface area contributed by atoms with Gasteiger partial charge >= 0.3 is 0 Å². The van der Waals surface area contributed by atoms with E-state index in [0.29, 0.717) is 12.2 Å². The van der Waals surface area contributed by atoms with Gasteiger partial charge in [-0.1, -0.05) is 13.8 Å². The third-order valence-corrected chi connectivity index (χ3v) is 2.37. The van der Waals surface area contributed by atoms with Crippen LogP contribution in [0.25, 0.3) is 0 Å². The highest BCUT2D eigenvalue weighted by Gasteiger charge is 2.31. The SMILES string of the molecule is CCC(=O)C1CCOC1CC. The molecular weight excluding hydrogens is 140 g/mol. The number of rotatable bonds is 3. The van der Waals surface area contributed by atoms with E-state index in [9.17, 15) is 4.79 Å². The highest BCUT2D eigenvalue weighted by Crippen LogP contribution is 2.24. The van der Waals surface area contributed by atoms with Crippen LogP contribution in [0.3, 0.4) is 0 Å². The van der Waals surface area contributed by atoms with Gasteiger partial charge in [-0.2, -0.15) is 0 Å². The lowest BCUT2D eigenvalue weighted by Crippen LogP contribution is -2.22.